The third kappa shape index (κ3) is 1.76. The van der Waals surface area contributed by atoms with Crippen molar-refractivity contribution in [1.29, 1.82) is 0 Å². The molecule has 0 amide bonds. The van der Waals surface area contributed by atoms with E-state index in [9.17, 15) is 0 Å². The van der Waals surface area contributed by atoms with Crippen molar-refractivity contribution in [2.75, 3.05) is 14.2 Å². The molecule has 0 bridgehead atoms. The van der Waals surface area contributed by atoms with Crippen molar-refractivity contribution in [3.8, 4) is 11.5 Å². The second-order valence-electron chi connectivity index (χ2n) is 4.37. The number of aryl methyl sites for hydroxylation is 1. The van der Waals surface area contributed by atoms with Crippen molar-refractivity contribution in [3.05, 3.63) is 23.3 Å². The summed E-state index contributed by atoms with van der Waals surface area (Å²) in [6.07, 6.45) is 3.10. The van der Waals surface area contributed by atoms with Gasteiger partial charge in [-0.05, 0) is 42.5 Å². The summed E-state index contributed by atoms with van der Waals surface area (Å²) < 4.78 is 10.6. The Hall–Kier alpha value is -1.22. The van der Waals surface area contributed by atoms with E-state index < -0.39 is 0 Å². The van der Waals surface area contributed by atoms with Crippen molar-refractivity contribution >= 4 is 0 Å². The predicted molar refractivity (Wildman–Crippen MR) is 64.0 cm³/mol. The molecule has 2 N–H and O–H groups in total. The summed E-state index contributed by atoms with van der Waals surface area (Å²) in [5.41, 5.74) is 8.62. The number of benzene rings is 1. The largest absolute Gasteiger partial charge is 0.493 e. The van der Waals surface area contributed by atoms with Crippen LogP contribution in [-0.2, 0) is 12.0 Å². The monoisotopic (exact) mass is 221 g/mol. The van der Waals surface area contributed by atoms with Gasteiger partial charge in [-0.15, -0.1) is 0 Å². The molecule has 0 atom stereocenters. The molecular formula is C13H19NO2. The number of ether oxygens (including phenoxy) is 2. The molecular weight excluding hydrogens is 202 g/mol. The molecule has 1 aromatic rings. The lowest BCUT2D eigenvalue weighted by Crippen LogP contribution is -2.20. The first kappa shape index (κ1) is 11.3. The van der Waals surface area contributed by atoms with Crippen LogP contribution in [0, 0.1) is 0 Å². The van der Waals surface area contributed by atoms with Gasteiger partial charge in [-0.1, -0.05) is 6.92 Å². The standard InChI is InChI=1S/C13H19NO2/c1-4-9-7-11(15-2)12(16-3)8-10(9)13(14)5-6-13/h7-8H,4-6,14H2,1-3H3. The fourth-order valence-corrected chi connectivity index (χ4v) is 2.08. The third-order valence-electron chi connectivity index (χ3n) is 3.32. The molecule has 0 spiro atoms. The average Bonchev–Trinajstić information content (AvgIpc) is 3.06. The van der Waals surface area contributed by atoms with Crippen molar-refractivity contribution in [1.82, 2.24) is 0 Å². The normalized spacial score (nSPS) is 17.0. The van der Waals surface area contributed by atoms with Crippen LogP contribution < -0.4 is 15.2 Å². The van der Waals surface area contributed by atoms with Gasteiger partial charge >= 0.3 is 0 Å². The van der Waals surface area contributed by atoms with Crippen LogP contribution in [0.3, 0.4) is 0 Å². The lowest BCUT2D eigenvalue weighted by Gasteiger charge is -2.18. The molecule has 0 aliphatic heterocycles. The molecule has 3 nitrogen and oxygen atoms in total. The van der Waals surface area contributed by atoms with Crippen molar-refractivity contribution in [2.45, 2.75) is 31.7 Å². The molecule has 1 saturated carbocycles. The summed E-state index contributed by atoms with van der Waals surface area (Å²) in [4.78, 5) is 0. The van der Waals surface area contributed by atoms with E-state index in [0.717, 1.165) is 30.8 Å². The second-order valence-corrected chi connectivity index (χ2v) is 4.37. The van der Waals surface area contributed by atoms with Gasteiger partial charge in [-0.3, -0.25) is 0 Å². The molecule has 1 aromatic carbocycles. The molecule has 0 radical (unpaired) electrons. The molecule has 0 saturated heterocycles. The van der Waals surface area contributed by atoms with Crippen LogP contribution >= 0.6 is 0 Å². The van der Waals surface area contributed by atoms with E-state index in [1.807, 2.05) is 12.1 Å². The van der Waals surface area contributed by atoms with E-state index in [1.165, 1.54) is 11.1 Å². The van der Waals surface area contributed by atoms with Crippen LogP contribution in [-0.4, -0.2) is 14.2 Å². The average molecular weight is 221 g/mol. The minimum absolute atomic E-state index is 0.120. The highest BCUT2D eigenvalue weighted by molar-refractivity contribution is 5.51. The van der Waals surface area contributed by atoms with Gasteiger partial charge in [0, 0.05) is 5.54 Å². The molecule has 0 heterocycles. The van der Waals surface area contributed by atoms with Gasteiger partial charge in [0.15, 0.2) is 11.5 Å². The smallest absolute Gasteiger partial charge is 0.161 e. The molecule has 16 heavy (non-hydrogen) atoms. The summed E-state index contributed by atoms with van der Waals surface area (Å²) >= 11 is 0. The van der Waals surface area contributed by atoms with E-state index in [2.05, 4.69) is 6.92 Å². The van der Waals surface area contributed by atoms with Gasteiger partial charge in [0.25, 0.3) is 0 Å². The second kappa shape index (κ2) is 3.98. The van der Waals surface area contributed by atoms with Crippen LogP contribution in [0.1, 0.15) is 30.9 Å². The number of rotatable bonds is 4. The van der Waals surface area contributed by atoms with E-state index in [1.54, 1.807) is 14.2 Å². The van der Waals surface area contributed by atoms with E-state index in [4.69, 9.17) is 15.2 Å². The van der Waals surface area contributed by atoms with Gasteiger partial charge in [-0.25, -0.2) is 0 Å². The summed E-state index contributed by atoms with van der Waals surface area (Å²) in [5, 5.41) is 0. The van der Waals surface area contributed by atoms with Crippen molar-refractivity contribution in [2.24, 2.45) is 5.73 Å². The first-order valence-electron chi connectivity index (χ1n) is 5.69. The fraction of sp³-hybridized carbons (Fsp3) is 0.538. The summed E-state index contributed by atoms with van der Waals surface area (Å²) in [6, 6.07) is 4.08. The highest BCUT2D eigenvalue weighted by Gasteiger charge is 2.41. The van der Waals surface area contributed by atoms with Gasteiger partial charge < -0.3 is 15.2 Å². The number of hydrogen-bond donors (Lipinski definition) is 1. The number of hydrogen-bond acceptors (Lipinski definition) is 3. The Morgan fingerprint density at radius 2 is 1.75 bits per heavy atom. The molecule has 1 aliphatic carbocycles. The van der Waals surface area contributed by atoms with Crippen molar-refractivity contribution < 1.29 is 9.47 Å². The van der Waals surface area contributed by atoms with Gasteiger partial charge in [-0.2, -0.15) is 0 Å². The Morgan fingerprint density at radius 1 is 1.19 bits per heavy atom. The minimum atomic E-state index is -0.120. The summed E-state index contributed by atoms with van der Waals surface area (Å²) in [6.45, 7) is 2.14. The van der Waals surface area contributed by atoms with Gasteiger partial charge in [0.2, 0.25) is 0 Å². The maximum atomic E-state index is 6.26. The summed E-state index contributed by atoms with van der Waals surface area (Å²) in [7, 11) is 3.32. The molecule has 88 valence electrons. The van der Waals surface area contributed by atoms with Gasteiger partial charge in [0.05, 0.1) is 14.2 Å². The van der Waals surface area contributed by atoms with Gasteiger partial charge in [0.1, 0.15) is 0 Å². The van der Waals surface area contributed by atoms with E-state index >= 15 is 0 Å². The first-order chi connectivity index (χ1) is 7.64. The maximum absolute atomic E-state index is 6.26. The Morgan fingerprint density at radius 3 is 2.19 bits per heavy atom. The zero-order valence-electron chi connectivity index (χ0n) is 10.2. The van der Waals surface area contributed by atoms with Crippen LogP contribution in [0.4, 0.5) is 0 Å². The van der Waals surface area contributed by atoms with Crippen LogP contribution in [0.25, 0.3) is 0 Å². The van der Waals surface area contributed by atoms with Crippen LogP contribution in [0.2, 0.25) is 0 Å². The Bertz CT molecular complexity index is 397. The Labute approximate surface area is 96.5 Å². The van der Waals surface area contributed by atoms with E-state index in [0.29, 0.717) is 0 Å². The summed E-state index contributed by atoms with van der Waals surface area (Å²) in [5.74, 6) is 1.55. The fourth-order valence-electron chi connectivity index (χ4n) is 2.08. The van der Waals surface area contributed by atoms with Crippen LogP contribution in [0.15, 0.2) is 12.1 Å². The molecule has 0 unspecified atom stereocenters. The molecule has 1 aliphatic rings. The lowest BCUT2D eigenvalue weighted by atomic mass is 9.96. The maximum Gasteiger partial charge on any atom is 0.161 e. The zero-order chi connectivity index (χ0) is 11.8. The first-order valence-corrected chi connectivity index (χ1v) is 5.69. The highest BCUT2D eigenvalue weighted by atomic mass is 16.5. The third-order valence-corrected chi connectivity index (χ3v) is 3.32. The Kier molecular flexibility index (Phi) is 2.80. The topological polar surface area (TPSA) is 44.5 Å². The highest BCUT2D eigenvalue weighted by Crippen LogP contribution is 2.47. The zero-order valence-corrected chi connectivity index (χ0v) is 10.2. The SMILES string of the molecule is CCc1cc(OC)c(OC)cc1C1(N)CC1. The number of methoxy groups -OCH3 is 2. The Balaban J connectivity index is 2.51. The van der Waals surface area contributed by atoms with Crippen LogP contribution in [0.5, 0.6) is 11.5 Å². The van der Waals surface area contributed by atoms with Crippen molar-refractivity contribution in [3.63, 3.8) is 0 Å². The molecule has 2 rings (SSSR count). The van der Waals surface area contributed by atoms with E-state index in [-0.39, 0.29) is 5.54 Å². The minimum Gasteiger partial charge on any atom is -0.493 e. The number of nitrogens with two attached hydrogens (primary N) is 1. The predicted octanol–water partition coefficient (Wildman–Crippen LogP) is 2.21. The quantitative estimate of drug-likeness (QED) is 0.847. The molecule has 0 aromatic heterocycles. The molecule has 1 fully saturated rings. The molecule has 3 heteroatoms. The lowest BCUT2D eigenvalue weighted by molar-refractivity contribution is 0.353.